The topological polar surface area (TPSA) is 114 Å². The van der Waals surface area contributed by atoms with Gasteiger partial charge in [-0.2, -0.15) is 0 Å². The van der Waals surface area contributed by atoms with Gasteiger partial charge in [-0.3, -0.25) is 19.5 Å². The van der Waals surface area contributed by atoms with Gasteiger partial charge in [0.15, 0.2) is 17.3 Å². The van der Waals surface area contributed by atoms with E-state index in [9.17, 15) is 19.5 Å². The normalized spacial score (nSPS) is 13.7. The number of carbonyl (C=O) groups is 1. The molecule has 0 saturated carbocycles. The zero-order chi connectivity index (χ0) is 20.7. The Balaban J connectivity index is 3.07. The lowest BCUT2D eigenvalue weighted by Gasteiger charge is -2.28. The third-order valence-corrected chi connectivity index (χ3v) is 6.88. The van der Waals surface area contributed by atoms with Crippen LogP contribution >= 0.6 is 7.60 Å². The van der Waals surface area contributed by atoms with E-state index in [1.54, 1.807) is 19.9 Å². The molecular formula is C17H26NO8P. The van der Waals surface area contributed by atoms with E-state index < -0.39 is 17.8 Å². The van der Waals surface area contributed by atoms with Crippen LogP contribution in [0.15, 0.2) is 18.2 Å². The van der Waals surface area contributed by atoms with Gasteiger partial charge in [0.25, 0.3) is 0 Å². The third-order valence-electron chi connectivity index (χ3n) is 4.11. The summed E-state index contributed by atoms with van der Waals surface area (Å²) in [5.74, 6) is 0.472. The van der Waals surface area contributed by atoms with Crippen molar-refractivity contribution in [1.29, 1.82) is 0 Å². The van der Waals surface area contributed by atoms with Gasteiger partial charge in [0.05, 0.1) is 27.4 Å². The van der Waals surface area contributed by atoms with Crippen LogP contribution in [-0.4, -0.2) is 43.4 Å². The van der Waals surface area contributed by atoms with Gasteiger partial charge in [-0.15, -0.1) is 0 Å². The molecule has 0 amide bonds. The van der Waals surface area contributed by atoms with Gasteiger partial charge in [-0.25, -0.2) is 0 Å². The summed E-state index contributed by atoms with van der Waals surface area (Å²) in [6.45, 7) is 4.30. The Morgan fingerprint density at radius 3 is 2.15 bits per heavy atom. The molecule has 1 atom stereocenters. The van der Waals surface area contributed by atoms with Crippen LogP contribution in [0.1, 0.15) is 44.0 Å². The van der Waals surface area contributed by atoms with Crippen LogP contribution in [0.2, 0.25) is 0 Å². The van der Waals surface area contributed by atoms with Crippen molar-refractivity contribution in [2.24, 2.45) is 0 Å². The molecule has 9 nitrogen and oxygen atoms in total. The van der Waals surface area contributed by atoms with Crippen molar-refractivity contribution in [1.82, 2.24) is 0 Å². The largest absolute Gasteiger partial charge is 0.493 e. The Bertz CT molecular complexity index is 713. The summed E-state index contributed by atoms with van der Waals surface area (Å²) in [6.07, 6.45) is -0.512. The summed E-state index contributed by atoms with van der Waals surface area (Å²) < 4.78 is 33.5. The van der Waals surface area contributed by atoms with Crippen molar-refractivity contribution in [3.63, 3.8) is 0 Å². The molecule has 0 aliphatic heterocycles. The predicted octanol–water partition coefficient (Wildman–Crippen LogP) is 3.93. The van der Waals surface area contributed by atoms with Crippen molar-refractivity contribution >= 4 is 13.4 Å². The number of Topliss-reactive ketones (excluding diaryl/α,β-unsaturated/α-hetero) is 1. The van der Waals surface area contributed by atoms with Gasteiger partial charge < -0.3 is 18.5 Å². The zero-order valence-corrected chi connectivity index (χ0v) is 17.1. The molecule has 0 heterocycles. The fourth-order valence-corrected chi connectivity index (χ4v) is 4.38. The third kappa shape index (κ3) is 5.06. The van der Waals surface area contributed by atoms with Crippen molar-refractivity contribution < 1.29 is 32.8 Å². The number of hydrogen-bond acceptors (Lipinski definition) is 8. The van der Waals surface area contributed by atoms with Crippen molar-refractivity contribution in [3.8, 4) is 11.5 Å². The van der Waals surface area contributed by atoms with Crippen LogP contribution in [0.3, 0.4) is 0 Å². The zero-order valence-electron chi connectivity index (χ0n) is 16.2. The van der Waals surface area contributed by atoms with E-state index in [-0.39, 0.29) is 31.8 Å². The highest BCUT2D eigenvalue weighted by Crippen LogP contribution is 2.61. The summed E-state index contributed by atoms with van der Waals surface area (Å²) in [6, 6.07) is 4.61. The lowest BCUT2D eigenvalue weighted by atomic mass is 10.0. The summed E-state index contributed by atoms with van der Waals surface area (Å²) >= 11 is 0. The summed E-state index contributed by atoms with van der Waals surface area (Å²) in [5, 5.41) is 9.64. The maximum absolute atomic E-state index is 13.0. The number of benzene rings is 1. The highest BCUT2D eigenvalue weighted by Gasteiger charge is 2.58. The number of ether oxygens (including phenoxy) is 2. The molecule has 0 spiro atoms. The second kappa shape index (κ2) is 9.82. The van der Waals surface area contributed by atoms with E-state index >= 15 is 0 Å². The molecule has 27 heavy (non-hydrogen) atoms. The molecule has 0 bridgehead atoms. The average Bonchev–Trinajstić information content (AvgIpc) is 2.65. The molecule has 1 rings (SSSR count). The van der Waals surface area contributed by atoms with Gasteiger partial charge >= 0.3 is 12.9 Å². The first-order chi connectivity index (χ1) is 12.7. The highest BCUT2D eigenvalue weighted by molar-refractivity contribution is 7.55. The first kappa shape index (κ1) is 23.1. The van der Waals surface area contributed by atoms with Crippen LogP contribution < -0.4 is 9.47 Å². The fourth-order valence-electron chi connectivity index (χ4n) is 2.49. The van der Waals surface area contributed by atoms with Crippen molar-refractivity contribution in [3.05, 3.63) is 33.9 Å². The summed E-state index contributed by atoms with van der Waals surface area (Å²) in [7, 11) is -1.16. The van der Waals surface area contributed by atoms with Gasteiger partial charge in [0.2, 0.25) is 0 Å². The highest BCUT2D eigenvalue weighted by atomic mass is 31.2. The summed E-state index contributed by atoms with van der Waals surface area (Å²) in [4.78, 5) is 23.5. The van der Waals surface area contributed by atoms with Gasteiger partial charge in [-0.1, -0.05) is 0 Å². The number of hydrogen-bond donors (Lipinski definition) is 0. The van der Waals surface area contributed by atoms with Crippen LogP contribution in [0.4, 0.5) is 0 Å². The second-order valence-corrected chi connectivity index (χ2v) is 8.27. The van der Waals surface area contributed by atoms with E-state index in [2.05, 4.69) is 0 Å². The SMILES string of the molecule is CCOP(=O)(OCC)C(C)(CCC(=O)c1ccc(OC)c(OC)c1)[N+](=O)[O-]. The molecule has 0 N–H and O–H groups in total. The van der Waals surface area contributed by atoms with Gasteiger partial charge in [-0.05, 0) is 32.0 Å². The van der Waals surface area contributed by atoms with E-state index in [1.165, 1.54) is 33.3 Å². The van der Waals surface area contributed by atoms with E-state index in [0.717, 1.165) is 0 Å². The number of carbonyl (C=O) groups excluding carboxylic acids is 1. The van der Waals surface area contributed by atoms with Crippen molar-refractivity contribution in [2.45, 2.75) is 38.9 Å². The Kier molecular flexibility index (Phi) is 8.40. The molecule has 0 fully saturated rings. The second-order valence-electron chi connectivity index (χ2n) is 5.80. The van der Waals surface area contributed by atoms with E-state index in [0.29, 0.717) is 17.1 Å². The number of nitrogens with zero attached hydrogens (tertiary/aromatic N) is 1. The molecule has 1 unspecified atom stereocenters. The maximum Gasteiger partial charge on any atom is 0.406 e. The molecule has 0 radical (unpaired) electrons. The quantitative estimate of drug-likeness (QED) is 0.223. The Labute approximate surface area is 158 Å². The molecule has 0 aliphatic rings. The minimum Gasteiger partial charge on any atom is -0.493 e. The lowest BCUT2D eigenvalue weighted by molar-refractivity contribution is -0.541. The first-order valence-corrected chi connectivity index (χ1v) is 10.0. The van der Waals surface area contributed by atoms with Crippen LogP contribution in [0.25, 0.3) is 0 Å². The number of methoxy groups -OCH3 is 2. The standard InChI is InChI=1S/C17H26NO8P/c1-6-25-27(22,26-7-2)17(3,18(20)21)11-10-14(19)13-8-9-15(23-4)16(12-13)24-5/h8-9,12H,6-7,10-11H2,1-5H3. The molecule has 10 heteroatoms. The average molecular weight is 403 g/mol. The molecule has 152 valence electrons. The van der Waals surface area contributed by atoms with Crippen LogP contribution in [0.5, 0.6) is 11.5 Å². The van der Waals surface area contributed by atoms with Crippen molar-refractivity contribution in [2.75, 3.05) is 27.4 Å². The fraction of sp³-hybridized carbons (Fsp3) is 0.588. The molecule has 0 aliphatic carbocycles. The predicted molar refractivity (Wildman–Crippen MR) is 99.4 cm³/mol. The molecule has 0 saturated heterocycles. The van der Waals surface area contributed by atoms with Crippen LogP contribution in [0, 0.1) is 10.1 Å². The minimum absolute atomic E-state index is 0.00959. The Hall–Kier alpha value is -1.96. The number of rotatable bonds is 12. The smallest absolute Gasteiger partial charge is 0.406 e. The van der Waals surface area contributed by atoms with Gasteiger partial charge in [0.1, 0.15) is 0 Å². The monoisotopic (exact) mass is 403 g/mol. The molecular weight excluding hydrogens is 377 g/mol. The Morgan fingerprint density at radius 2 is 1.70 bits per heavy atom. The lowest BCUT2D eigenvalue weighted by Crippen LogP contribution is -2.37. The molecule has 1 aromatic rings. The van der Waals surface area contributed by atoms with Gasteiger partial charge in [0, 0.05) is 30.3 Å². The number of ketones is 1. The van der Waals surface area contributed by atoms with Crippen LogP contribution in [-0.2, 0) is 13.6 Å². The van der Waals surface area contributed by atoms with E-state index in [1.807, 2.05) is 0 Å². The number of nitro groups is 1. The maximum atomic E-state index is 13.0. The molecule has 0 aromatic heterocycles. The minimum atomic E-state index is -4.07. The Morgan fingerprint density at radius 1 is 1.15 bits per heavy atom. The summed E-state index contributed by atoms with van der Waals surface area (Å²) in [5.41, 5.74) is 0.306. The van der Waals surface area contributed by atoms with E-state index in [4.69, 9.17) is 18.5 Å². The molecule has 1 aromatic carbocycles. The first-order valence-electron chi connectivity index (χ1n) is 8.48.